The molecule has 0 aromatic heterocycles. The third-order valence-electron chi connectivity index (χ3n) is 4.21. The maximum absolute atomic E-state index is 5.54. The maximum atomic E-state index is 5.54. The van der Waals surface area contributed by atoms with Crippen LogP contribution in [0.2, 0.25) is 0 Å². The summed E-state index contributed by atoms with van der Waals surface area (Å²) < 4.78 is 5.54. The van der Waals surface area contributed by atoms with Gasteiger partial charge in [-0.1, -0.05) is 31.2 Å². The van der Waals surface area contributed by atoms with Crippen molar-refractivity contribution in [2.75, 3.05) is 33.4 Å². The first-order chi connectivity index (χ1) is 9.70. The molecule has 1 aliphatic heterocycles. The highest BCUT2D eigenvalue weighted by molar-refractivity contribution is 5.25. The Labute approximate surface area is 123 Å². The van der Waals surface area contributed by atoms with E-state index in [0.29, 0.717) is 12.0 Å². The Bertz CT molecular complexity index is 402. The lowest BCUT2D eigenvalue weighted by Crippen LogP contribution is -2.44. The van der Waals surface area contributed by atoms with E-state index in [4.69, 9.17) is 4.74 Å². The molecular formula is C17H28N2O. The van der Waals surface area contributed by atoms with Gasteiger partial charge in [0.2, 0.25) is 0 Å². The Balaban J connectivity index is 1.90. The molecule has 20 heavy (non-hydrogen) atoms. The summed E-state index contributed by atoms with van der Waals surface area (Å²) in [5, 5.41) is 3.63. The van der Waals surface area contributed by atoms with E-state index < -0.39 is 0 Å². The largest absolute Gasteiger partial charge is 0.381 e. The second kappa shape index (κ2) is 7.77. The van der Waals surface area contributed by atoms with Crippen LogP contribution in [-0.4, -0.2) is 44.3 Å². The topological polar surface area (TPSA) is 24.5 Å². The van der Waals surface area contributed by atoms with Crippen molar-refractivity contribution in [3.05, 3.63) is 35.4 Å². The van der Waals surface area contributed by atoms with E-state index in [1.54, 1.807) is 0 Å². The molecule has 0 aliphatic carbocycles. The van der Waals surface area contributed by atoms with Gasteiger partial charge >= 0.3 is 0 Å². The molecule has 2 atom stereocenters. The van der Waals surface area contributed by atoms with Crippen LogP contribution in [0.5, 0.6) is 0 Å². The molecule has 1 saturated heterocycles. The molecule has 2 unspecified atom stereocenters. The molecule has 0 amide bonds. The molecule has 3 nitrogen and oxygen atoms in total. The second-order valence-electron chi connectivity index (χ2n) is 5.91. The van der Waals surface area contributed by atoms with Gasteiger partial charge in [-0.2, -0.15) is 0 Å². The predicted molar refractivity (Wildman–Crippen MR) is 83.9 cm³/mol. The number of likely N-dealkylation sites (N-methyl/N-ethyl adjacent to an activating group) is 2. The fourth-order valence-electron chi connectivity index (χ4n) is 2.99. The normalized spacial score (nSPS) is 20.5. The van der Waals surface area contributed by atoms with Gasteiger partial charge in [-0.15, -0.1) is 0 Å². The van der Waals surface area contributed by atoms with Gasteiger partial charge < -0.3 is 15.0 Å². The van der Waals surface area contributed by atoms with Crippen LogP contribution < -0.4 is 5.32 Å². The third-order valence-corrected chi connectivity index (χ3v) is 4.21. The maximum Gasteiger partial charge on any atom is 0.0510 e. The zero-order valence-electron chi connectivity index (χ0n) is 13.1. The SMILES string of the molecule is CCNC(CN(C)Cc1ccccc1C)C1CCOC1. The fraction of sp³-hybridized carbons (Fsp3) is 0.647. The molecule has 1 aromatic rings. The van der Waals surface area contributed by atoms with E-state index in [1.165, 1.54) is 17.5 Å². The van der Waals surface area contributed by atoms with Crippen LogP contribution in [0.3, 0.4) is 0 Å². The van der Waals surface area contributed by atoms with Gasteiger partial charge in [0.15, 0.2) is 0 Å². The van der Waals surface area contributed by atoms with Gasteiger partial charge in [-0.3, -0.25) is 0 Å². The molecule has 0 spiro atoms. The van der Waals surface area contributed by atoms with Crippen LogP contribution in [0.4, 0.5) is 0 Å². The highest BCUT2D eigenvalue weighted by Crippen LogP contribution is 2.18. The van der Waals surface area contributed by atoms with Gasteiger partial charge in [0.05, 0.1) is 6.61 Å². The molecule has 1 heterocycles. The van der Waals surface area contributed by atoms with Gasteiger partial charge in [0.25, 0.3) is 0 Å². The van der Waals surface area contributed by atoms with Crippen molar-refractivity contribution in [1.82, 2.24) is 10.2 Å². The van der Waals surface area contributed by atoms with Crippen molar-refractivity contribution in [3.8, 4) is 0 Å². The first-order valence-electron chi connectivity index (χ1n) is 7.75. The highest BCUT2D eigenvalue weighted by atomic mass is 16.5. The van der Waals surface area contributed by atoms with Crippen molar-refractivity contribution in [3.63, 3.8) is 0 Å². The molecule has 0 radical (unpaired) electrons. The number of nitrogens with one attached hydrogen (secondary N) is 1. The molecule has 1 N–H and O–H groups in total. The number of rotatable bonds is 7. The zero-order chi connectivity index (χ0) is 14.4. The number of nitrogens with zero attached hydrogens (tertiary/aromatic N) is 1. The molecule has 112 valence electrons. The van der Waals surface area contributed by atoms with E-state index in [9.17, 15) is 0 Å². The summed E-state index contributed by atoms with van der Waals surface area (Å²) in [6, 6.07) is 9.19. The second-order valence-corrected chi connectivity index (χ2v) is 5.91. The van der Waals surface area contributed by atoms with Crippen molar-refractivity contribution in [2.45, 2.75) is 32.9 Å². The summed E-state index contributed by atoms with van der Waals surface area (Å²) in [4.78, 5) is 2.42. The number of hydrogen-bond acceptors (Lipinski definition) is 3. The van der Waals surface area contributed by atoms with Crippen molar-refractivity contribution in [2.24, 2.45) is 5.92 Å². The minimum Gasteiger partial charge on any atom is -0.381 e. The quantitative estimate of drug-likeness (QED) is 0.828. The zero-order valence-corrected chi connectivity index (χ0v) is 13.1. The van der Waals surface area contributed by atoms with Crippen LogP contribution in [0.15, 0.2) is 24.3 Å². The summed E-state index contributed by atoms with van der Waals surface area (Å²) in [6.45, 7) is 9.33. The minimum atomic E-state index is 0.538. The van der Waals surface area contributed by atoms with Crippen molar-refractivity contribution in [1.29, 1.82) is 0 Å². The number of ether oxygens (including phenoxy) is 1. The van der Waals surface area contributed by atoms with Crippen LogP contribution in [0.1, 0.15) is 24.5 Å². The van der Waals surface area contributed by atoms with Crippen LogP contribution >= 0.6 is 0 Å². The van der Waals surface area contributed by atoms with Crippen LogP contribution in [0, 0.1) is 12.8 Å². The van der Waals surface area contributed by atoms with Gasteiger partial charge in [-0.25, -0.2) is 0 Å². The molecule has 1 fully saturated rings. The third kappa shape index (κ3) is 4.30. The number of aryl methyl sites for hydroxylation is 1. The Morgan fingerprint density at radius 3 is 2.85 bits per heavy atom. The first kappa shape index (κ1) is 15.5. The highest BCUT2D eigenvalue weighted by Gasteiger charge is 2.26. The average Bonchev–Trinajstić information content (AvgIpc) is 2.95. The van der Waals surface area contributed by atoms with Gasteiger partial charge in [0, 0.05) is 31.7 Å². The van der Waals surface area contributed by atoms with E-state index in [2.05, 4.69) is 55.4 Å². The fourth-order valence-corrected chi connectivity index (χ4v) is 2.99. The summed E-state index contributed by atoms with van der Waals surface area (Å²) in [5.41, 5.74) is 2.80. The van der Waals surface area contributed by atoms with E-state index in [1.807, 2.05) is 0 Å². The Morgan fingerprint density at radius 2 is 2.20 bits per heavy atom. The lowest BCUT2D eigenvalue weighted by atomic mass is 9.98. The van der Waals surface area contributed by atoms with Gasteiger partial charge in [0.1, 0.15) is 0 Å². The van der Waals surface area contributed by atoms with E-state index in [-0.39, 0.29) is 0 Å². The first-order valence-corrected chi connectivity index (χ1v) is 7.75. The predicted octanol–water partition coefficient (Wildman–Crippen LogP) is 2.44. The monoisotopic (exact) mass is 276 g/mol. The average molecular weight is 276 g/mol. The van der Waals surface area contributed by atoms with E-state index in [0.717, 1.165) is 32.8 Å². The molecule has 1 aromatic carbocycles. The summed E-state index contributed by atoms with van der Waals surface area (Å²) in [6.07, 6.45) is 1.19. The van der Waals surface area contributed by atoms with Crippen molar-refractivity contribution >= 4 is 0 Å². The Kier molecular flexibility index (Phi) is 6.02. The van der Waals surface area contributed by atoms with Crippen LogP contribution in [0.25, 0.3) is 0 Å². The molecule has 3 heteroatoms. The summed E-state index contributed by atoms with van der Waals surface area (Å²) in [5.74, 6) is 0.661. The standard InChI is InChI=1S/C17H28N2O/c1-4-18-17(16-9-10-20-13-16)12-19(3)11-15-8-6-5-7-14(15)2/h5-8,16-18H,4,9-13H2,1-3H3. The molecule has 0 saturated carbocycles. The molecule has 0 bridgehead atoms. The smallest absolute Gasteiger partial charge is 0.0510 e. The Morgan fingerprint density at radius 1 is 1.40 bits per heavy atom. The van der Waals surface area contributed by atoms with Gasteiger partial charge in [-0.05, 0) is 38.1 Å². The summed E-state index contributed by atoms with van der Waals surface area (Å²) in [7, 11) is 2.21. The molecule has 2 rings (SSSR count). The molecular weight excluding hydrogens is 248 g/mol. The Hall–Kier alpha value is -0.900. The molecule has 1 aliphatic rings. The van der Waals surface area contributed by atoms with Crippen LogP contribution in [-0.2, 0) is 11.3 Å². The lowest BCUT2D eigenvalue weighted by Gasteiger charge is -2.28. The number of benzene rings is 1. The van der Waals surface area contributed by atoms with Crippen molar-refractivity contribution < 1.29 is 4.74 Å². The lowest BCUT2D eigenvalue weighted by molar-refractivity contribution is 0.166. The summed E-state index contributed by atoms with van der Waals surface area (Å²) >= 11 is 0. The minimum absolute atomic E-state index is 0.538. The number of hydrogen-bond donors (Lipinski definition) is 1. The van der Waals surface area contributed by atoms with E-state index >= 15 is 0 Å².